The standard InChI is InChI=1S/C20H23ClN6O/c21-16-5-13(8-22)17(25-14-9-24-27(10-14)15-1-2-15)6-18(16)26-4-3-20(12-26)7-19(28)23-11-20/h5-6,8-10,15,22,25H,1-4,7,11-12H2,(H,23,28). The van der Waals surface area contributed by atoms with Crippen molar-refractivity contribution >= 4 is 40.8 Å². The number of carbonyl (C=O) groups is 1. The summed E-state index contributed by atoms with van der Waals surface area (Å²) in [6.45, 7) is 2.43. The van der Waals surface area contributed by atoms with E-state index in [2.05, 4.69) is 20.6 Å². The fourth-order valence-corrected chi connectivity index (χ4v) is 4.62. The van der Waals surface area contributed by atoms with Crippen molar-refractivity contribution in [2.24, 2.45) is 5.41 Å². The van der Waals surface area contributed by atoms with Crippen molar-refractivity contribution < 1.29 is 4.79 Å². The Morgan fingerprint density at radius 2 is 2.25 bits per heavy atom. The summed E-state index contributed by atoms with van der Waals surface area (Å²) in [6.07, 6.45) is 9.09. The normalized spacial score (nSPS) is 24.0. The fraction of sp³-hybridized carbons (Fsp3) is 0.450. The van der Waals surface area contributed by atoms with Gasteiger partial charge in [-0.25, -0.2) is 0 Å². The van der Waals surface area contributed by atoms with E-state index in [4.69, 9.17) is 17.0 Å². The smallest absolute Gasteiger partial charge is 0.220 e. The van der Waals surface area contributed by atoms with Crippen LogP contribution in [0.3, 0.4) is 0 Å². The summed E-state index contributed by atoms with van der Waals surface area (Å²) in [7, 11) is 0. The van der Waals surface area contributed by atoms with Crippen LogP contribution in [-0.2, 0) is 4.79 Å². The highest BCUT2D eigenvalue weighted by molar-refractivity contribution is 6.33. The predicted octanol–water partition coefficient (Wildman–Crippen LogP) is 3.33. The molecule has 1 saturated carbocycles. The van der Waals surface area contributed by atoms with E-state index in [9.17, 15) is 4.79 Å². The summed E-state index contributed by atoms with van der Waals surface area (Å²) in [5, 5.41) is 19.2. The highest BCUT2D eigenvalue weighted by Gasteiger charge is 2.44. The van der Waals surface area contributed by atoms with Crippen LogP contribution >= 0.6 is 11.6 Å². The highest BCUT2D eigenvalue weighted by Crippen LogP contribution is 2.42. The first kappa shape index (κ1) is 17.6. The van der Waals surface area contributed by atoms with Crippen molar-refractivity contribution in [2.75, 3.05) is 29.9 Å². The van der Waals surface area contributed by atoms with Crippen molar-refractivity contribution in [3.63, 3.8) is 0 Å². The van der Waals surface area contributed by atoms with Gasteiger partial charge in [-0.05, 0) is 31.4 Å². The number of hydrogen-bond donors (Lipinski definition) is 3. The van der Waals surface area contributed by atoms with Crippen molar-refractivity contribution in [1.29, 1.82) is 5.41 Å². The van der Waals surface area contributed by atoms with Crippen LogP contribution < -0.4 is 15.5 Å². The van der Waals surface area contributed by atoms with E-state index in [0.29, 0.717) is 17.5 Å². The molecular formula is C20H23ClN6O. The van der Waals surface area contributed by atoms with Crippen molar-refractivity contribution in [1.82, 2.24) is 15.1 Å². The van der Waals surface area contributed by atoms with Crippen molar-refractivity contribution in [3.8, 4) is 0 Å². The first-order valence-corrected chi connectivity index (χ1v) is 10.1. The second-order valence-corrected chi connectivity index (χ2v) is 8.63. The number of amides is 1. The number of nitrogens with zero attached hydrogens (tertiary/aromatic N) is 3. The molecule has 3 fully saturated rings. The maximum absolute atomic E-state index is 11.7. The third-order valence-corrected chi connectivity index (χ3v) is 6.35. The van der Waals surface area contributed by atoms with Crippen molar-refractivity contribution in [3.05, 3.63) is 35.1 Å². The number of hydrogen-bond acceptors (Lipinski definition) is 5. The molecule has 1 aliphatic carbocycles. The Kier molecular flexibility index (Phi) is 4.08. The number of anilines is 3. The van der Waals surface area contributed by atoms with Gasteiger partial charge in [-0.1, -0.05) is 11.6 Å². The average molecular weight is 399 g/mol. The second kappa shape index (κ2) is 6.51. The number of nitrogens with one attached hydrogen (secondary N) is 3. The molecule has 3 heterocycles. The zero-order valence-electron chi connectivity index (χ0n) is 15.5. The molecule has 1 spiro atoms. The lowest BCUT2D eigenvalue weighted by Gasteiger charge is -2.25. The van der Waals surface area contributed by atoms with E-state index in [1.807, 2.05) is 29.2 Å². The zero-order valence-corrected chi connectivity index (χ0v) is 16.3. The molecule has 0 bridgehead atoms. The third-order valence-electron chi connectivity index (χ3n) is 6.05. The maximum atomic E-state index is 11.7. The first-order chi connectivity index (χ1) is 13.5. The molecule has 1 atom stereocenters. The fourth-order valence-electron chi connectivity index (χ4n) is 4.33. The molecule has 2 aliphatic heterocycles. The van der Waals surface area contributed by atoms with Gasteiger partial charge in [-0.3, -0.25) is 9.48 Å². The molecule has 1 unspecified atom stereocenters. The van der Waals surface area contributed by atoms with Gasteiger partial charge < -0.3 is 20.9 Å². The number of benzene rings is 1. The average Bonchev–Trinajstić information content (AvgIpc) is 3.12. The maximum Gasteiger partial charge on any atom is 0.220 e. The van der Waals surface area contributed by atoms with Crippen LogP contribution in [0.5, 0.6) is 0 Å². The largest absolute Gasteiger partial charge is 0.370 e. The van der Waals surface area contributed by atoms with Crippen LogP contribution in [0.2, 0.25) is 5.02 Å². The Hall–Kier alpha value is -2.54. The topological polar surface area (TPSA) is 86.0 Å². The molecule has 2 saturated heterocycles. The summed E-state index contributed by atoms with van der Waals surface area (Å²) in [5.74, 6) is 0.141. The lowest BCUT2D eigenvalue weighted by molar-refractivity contribution is -0.119. The lowest BCUT2D eigenvalue weighted by atomic mass is 9.86. The van der Waals surface area contributed by atoms with Crippen LogP contribution in [0.1, 0.15) is 37.3 Å². The summed E-state index contributed by atoms with van der Waals surface area (Å²) >= 11 is 6.57. The Labute approximate surface area is 168 Å². The van der Waals surface area contributed by atoms with E-state index >= 15 is 0 Å². The molecule has 5 rings (SSSR count). The van der Waals surface area contributed by atoms with Crippen LogP contribution in [0, 0.1) is 10.8 Å². The molecule has 2 aromatic rings. The summed E-state index contributed by atoms with van der Waals surface area (Å²) < 4.78 is 2.00. The van der Waals surface area contributed by atoms with E-state index in [1.54, 1.807) is 0 Å². The number of rotatable bonds is 5. The molecule has 8 heteroatoms. The van der Waals surface area contributed by atoms with Gasteiger partial charge >= 0.3 is 0 Å². The van der Waals surface area contributed by atoms with Crippen LogP contribution in [-0.4, -0.2) is 41.5 Å². The van der Waals surface area contributed by atoms with Crippen LogP contribution in [0.25, 0.3) is 0 Å². The van der Waals surface area contributed by atoms with E-state index in [-0.39, 0.29) is 11.3 Å². The molecule has 3 N–H and O–H groups in total. The summed E-state index contributed by atoms with van der Waals surface area (Å²) in [4.78, 5) is 14.0. The minimum atomic E-state index is 0.0135. The molecular weight excluding hydrogens is 376 g/mol. The number of halogens is 1. The molecule has 3 aliphatic rings. The molecule has 7 nitrogen and oxygen atoms in total. The Bertz CT molecular complexity index is 952. The van der Waals surface area contributed by atoms with Gasteiger partial charge in [0, 0.05) is 55.1 Å². The highest BCUT2D eigenvalue weighted by atomic mass is 35.5. The van der Waals surface area contributed by atoms with Crippen LogP contribution in [0.4, 0.5) is 17.1 Å². The van der Waals surface area contributed by atoms with Gasteiger partial charge in [0.15, 0.2) is 0 Å². The van der Waals surface area contributed by atoms with Gasteiger partial charge in [0.25, 0.3) is 0 Å². The minimum Gasteiger partial charge on any atom is -0.370 e. The van der Waals surface area contributed by atoms with E-state index < -0.39 is 0 Å². The Balaban J connectivity index is 1.41. The van der Waals surface area contributed by atoms with E-state index in [0.717, 1.165) is 48.7 Å². The molecule has 28 heavy (non-hydrogen) atoms. The quantitative estimate of drug-likeness (QED) is 0.674. The Morgan fingerprint density at radius 1 is 1.39 bits per heavy atom. The van der Waals surface area contributed by atoms with E-state index in [1.165, 1.54) is 19.1 Å². The van der Waals surface area contributed by atoms with Gasteiger partial charge in [0.2, 0.25) is 5.91 Å². The number of aromatic nitrogens is 2. The van der Waals surface area contributed by atoms with Gasteiger partial charge in [0.05, 0.1) is 28.6 Å². The third kappa shape index (κ3) is 3.13. The van der Waals surface area contributed by atoms with Gasteiger partial charge in [-0.15, -0.1) is 0 Å². The SMILES string of the molecule is N=Cc1cc(Cl)c(N2CCC3(CNC(=O)C3)C2)cc1Nc1cnn(C2CC2)c1. The van der Waals surface area contributed by atoms with Crippen LogP contribution in [0.15, 0.2) is 24.5 Å². The second-order valence-electron chi connectivity index (χ2n) is 8.23. The van der Waals surface area contributed by atoms with Gasteiger partial charge in [-0.2, -0.15) is 5.10 Å². The molecule has 1 amide bonds. The molecule has 1 aromatic heterocycles. The molecule has 146 valence electrons. The molecule has 0 radical (unpaired) electrons. The predicted molar refractivity (Wildman–Crippen MR) is 110 cm³/mol. The molecule has 1 aromatic carbocycles. The zero-order chi connectivity index (χ0) is 19.3. The minimum absolute atomic E-state index is 0.0135. The first-order valence-electron chi connectivity index (χ1n) is 9.72. The summed E-state index contributed by atoms with van der Waals surface area (Å²) in [5.41, 5.74) is 3.44. The monoisotopic (exact) mass is 398 g/mol. The van der Waals surface area contributed by atoms with Crippen molar-refractivity contribution in [2.45, 2.75) is 31.7 Å². The lowest BCUT2D eigenvalue weighted by Crippen LogP contribution is -2.29. The number of carbonyl (C=O) groups excluding carboxylic acids is 1. The summed E-state index contributed by atoms with van der Waals surface area (Å²) in [6, 6.07) is 4.38. The Morgan fingerprint density at radius 3 is 2.96 bits per heavy atom. The van der Waals surface area contributed by atoms with Gasteiger partial charge in [0.1, 0.15) is 0 Å².